The van der Waals surface area contributed by atoms with E-state index in [1.165, 1.54) is 0 Å². The zero-order chi connectivity index (χ0) is 20.5. The van der Waals surface area contributed by atoms with Crippen molar-refractivity contribution in [3.8, 4) is 0 Å². The third-order valence-electron chi connectivity index (χ3n) is 3.85. The number of ether oxygens (including phenoxy) is 5. The summed E-state index contributed by atoms with van der Waals surface area (Å²) in [5.41, 5.74) is -1.51. The van der Waals surface area contributed by atoms with Gasteiger partial charge in [-0.25, -0.2) is 14.4 Å². The molecule has 150 valence electrons. The second-order valence-corrected chi connectivity index (χ2v) is 6.88. The quantitative estimate of drug-likeness (QED) is 0.319. The van der Waals surface area contributed by atoms with Gasteiger partial charge in [0, 0.05) is 23.6 Å². The van der Waals surface area contributed by atoms with Crippen molar-refractivity contribution in [2.24, 2.45) is 10.8 Å². The largest absolute Gasteiger partial charge is 0.462 e. The van der Waals surface area contributed by atoms with Gasteiger partial charge in [0.1, 0.15) is 19.8 Å². The molecule has 0 amide bonds. The fraction of sp³-hybridized carbons (Fsp3) is 0.526. The van der Waals surface area contributed by atoms with Crippen molar-refractivity contribution in [1.82, 2.24) is 0 Å². The van der Waals surface area contributed by atoms with E-state index in [4.69, 9.17) is 23.7 Å². The van der Waals surface area contributed by atoms with Gasteiger partial charge in [0.15, 0.2) is 6.29 Å². The monoisotopic (exact) mass is 382 g/mol. The van der Waals surface area contributed by atoms with Crippen LogP contribution in [0, 0.1) is 10.8 Å². The van der Waals surface area contributed by atoms with E-state index in [0.717, 1.165) is 18.2 Å². The maximum atomic E-state index is 11.4. The van der Waals surface area contributed by atoms with Crippen LogP contribution in [-0.2, 0) is 38.1 Å². The van der Waals surface area contributed by atoms with Crippen LogP contribution in [0.1, 0.15) is 13.8 Å². The third-order valence-corrected chi connectivity index (χ3v) is 3.85. The maximum Gasteiger partial charge on any atom is 0.330 e. The van der Waals surface area contributed by atoms with Crippen molar-refractivity contribution < 1.29 is 38.1 Å². The highest BCUT2D eigenvalue weighted by Gasteiger charge is 2.44. The number of rotatable bonds is 10. The highest BCUT2D eigenvalue weighted by Crippen LogP contribution is 2.34. The molecule has 8 heteroatoms. The predicted octanol–water partition coefficient (Wildman–Crippen LogP) is 1.56. The second kappa shape index (κ2) is 10.0. The smallest absolute Gasteiger partial charge is 0.330 e. The third kappa shape index (κ3) is 6.99. The molecule has 0 unspecified atom stereocenters. The molecule has 0 N–H and O–H groups in total. The zero-order valence-electron chi connectivity index (χ0n) is 15.7. The first kappa shape index (κ1) is 22.6. The summed E-state index contributed by atoms with van der Waals surface area (Å²) in [7, 11) is 0. The molecule has 27 heavy (non-hydrogen) atoms. The van der Waals surface area contributed by atoms with E-state index >= 15 is 0 Å². The molecule has 1 aliphatic heterocycles. The van der Waals surface area contributed by atoms with E-state index in [9.17, 15) is 14.4 Å². The molecule has 0 bridgehead atoms. The first-order valence-electron chi connectivity index (χ1n) is 8.29. The molecule has 0 atom stereocenters. The Kier molecular flexibility index (Phi) is 8.39. The summed E-state index contributed by atoms with van der Waals surface area (Å²) in [5.74, 6) is -1.76. The molecule has 0 aromatic carbocycles. The Bertz CT molecular complexity index is 559. The molecular weight excluding hydrogens is 356 g/mol. The van der Waals surface area contributed by atoms with Gasteiger partial charge >= 0.3 is 17.9 Å². The molecule has 8 nitrogen and oxygen atoms in total. The van der Waals surface area contributed by atoms with Gasteiger partial charge < -0.3 is 23.7 Å². The average Bonchev–Trinajstić information content (AvgIpc) is 2.68. The minimum atomic E-state index is -0.873. The van der Waals surface area contributed by atoms with Crippen molar-refractivity contribution in [2.45, 2.75) is 20.1 Å². The standard InChI is InChI=1S/C19H26O8/c1-6-14(20)23-9-18(4,5)17-26-12-19(13-27-17,10-24-15(21)7-2)11-25-16(22)8-3/h6-8,17H,1-3,9-13H2,4-5H3. The second-order valence-electron chi connectivity index (χ2n) is 6.88. The normalized spacial score (nSPS) is 16.7. The number of hydrogen-bond donors (Lipinski definition) is 0. The molecular formula is C19H26O8. The zero-order valence-corrected chi connectivity index (χ0v) is 15.7. The van der Waals surface area contributed by atoms with Crippen LogP contribution in [0.25, 0.3) is 0 Å². The predicted molar refractivity (Wildman–Crippen MR) is 95.4 cm³/mol. The minimum absolute atomic E-state index is 0.0619. The lowest BCUT2D eigenvalue weighted by atomic mass is 9.88. The van der Waals surface area contributed by atoms with Crippen molar-refractivity contribution in [2.75, 3.05) is 33.0 Å². The fourth-order valence-corrected chi connectivity index (χ4v) is 2.20. The van der Waals surface area contributed by atoms with Crippen LogP contribution in [0.5, 0.6) is 0 Å². The van der Waals surface area contributed by atoms with Crippen LogP contribution >= 0.6 is 0 Å². The Labute approximate surface area is 158 Å². The summed E-state index contributed by atoms with van der Waals surface area (Å²) in [6.45, 7) is 13.7. The van der Waals surface area contributed by atoms with Gasteiger partial charge in [-0.15, -0.1) is 0 Å². The lowest BCUT2D eigenvalue weighted by Gasteiger charge is -2.43. The summed E-state index contributed by atoms with van der Waals surface area (Å²) in [6.07, 6.45) is 2.47. The molecule has 0 spiro atoms. The first-order valence-corrected chi connectivity index (χ1v) is 8.29. The Balaban J connectivity index is 2.74. The summed E-state index contributed by atoms with van der Waals surface area (Å²) in [6, 6.07) is 0. The topological polar surface area (TPSA) is 97.4 Å². The number of carbonyl (C=O) groups excluding carboxylic acids is 3. The van der Waals surface area contributed by atoms with Crippen LogP contribution in [0.15, 0.2) is 38.0 Å². The highest BCUT2D eigenvalue weighted by atomic mass is 16.7. The van der Waals surface area contributed by atoms with Crippen LogP contribution in [-0.4, -0.2) is 57.2 Å². The highest BCUT2D eigenvalue weighted by molar-refractivity contribution is 5.82. The Hall–Kier alpha value is -2.45. The summed E-state index contributed by atoms with van der Waals surface area (Å²) >= 11 is 0. The van der Waals surface area contributed by atoms with E-state index < -0.39 is 35.0 Å². The molecule has 1 saturated heterocycles. The van der Waals surface area contributed by atoms with Crippen molar-refractivity contribution in [3.05, 3.63) is 38.0 Å². The number of carbonyl (C=O) groups is 3. The van der Waals surface area contributed by atoms with Gasteiger partial charge in [-0.2, -0.15) is 0 Å². The summed E-state index contributed by atoms with van der Waals surface area (Å²) < 4.78 is 26.8. The molecule has 0 aromatic heterocycles. The lowest BCUT2D eigenvalue weighted by molar-refractivity contribution is -0.285. The molecule has 0 saturated carbocycles. The van der Waals surface area contributed by atoms with Crippen LogP contribution in [0.3, 0.4) is 0 Å². The maximum absolute atomic E-state index is 11.4. The average molecular weight is 382 g/mol. The van der Waals surface area contributed by atoms with Crippen molar-refractivity contribution in [1.29, 1.82) is 0 Å². The van der Waals surface area contributed by atoms with Crippen molar-refractivity contribution in [3.63, 3.8) is 0 Å². The molecule has 0 radical (unpaired) electrons. The first-order chi connectivity index (χ1) is 12.7. The number of hydrogen-bond acceptors (Lipinski definition) is 8. The van der Waals surface area contributed by atoms with Crippen LogP contribution in [0.2, 0.25) is 0 Å². The molecule has 1 aliphatic rings. The molecule has 1 fully saturated rings. The fourth-order valence-electron chi connectivity index (χ4n) is 2.20. The lowest BCUT2D eigenvalue weighted by Crippen LogP contribution is -2.52. The van der Waals surface area contributed by atoms with Gasteiger partial charge in [0.25, 0.3) is 0 Å². The Morgan fingerprint density at radius 2 is 1.33 bits per heavy atom. The summed E-state index contributed by atoms with van der Waals surface area (Å²) in [4.78, 5) is 34.0. The molecule has 0 aromatic rings. The van der Waals surface area contributed by atoms with Gasteiger partial charge in [0.2, 0.25) is 0 Å². The van der Waals surface area contributed by atoms with E-state index in [1.54, 1.807) is 0 Å². The van der Waals surface area contributed by atoms with Gasteiger partial charge in [-0.05, 0) is 0 Å². The molecule has 1 heterocycles. The van der Waals surface area contributed by atoms with Gasteiger partial charge in [-0.1, -0.05) is 33.6 Å². The van der Waals surface area contributed by atoms with Crippen molar-refractivity contribution >= 4 is 17.9 Å². The van der Waals surface area contributed by atoms with E-state index in [0.29, 0.717) is 0 Å². The Morgan fingerprint density at radius 1 is 0.926 bits per heavy atom. The van der Waals surface area contributed by atoms with E-state index in [2.05, 4.69) is 19.7 Å². The van der Waals surface area contributed by atoms with E-state index in [-0.39, 0.29) is 33.0 Å². The number of esters is 3. The molecule has 1 rings (SSSR count). The van der Waals surface area contributed by atoms with E-state index in [1.807, 2.05) is 13.8 Å². The minimum Gasteiger partial charge on any atom is -0.462 e. The SMILES string of the molecule is C=CC(=O)OCC1(COC(=O)C=C)COC(C(C)(C)COC(=O)C=C)OC1. The Morgan fingerprint density at radius 3 is 1.74 bits per heavy atom. The molecule has 0 aliphatic carbocycles. The van der Waals surface area contributed by atoms with Gasteiger partial charge in [-0.3, -0.25) is 0 Å². The van der Waals surface area contributed by atoms with Crippen LogP contribution < -0.4 is 0 Å². The van der Waals surface area contributed by atoms with Crippen LogP contribution in [0.4, 0.5) is 0 Å². The van der Waals surface area contributed by atoms with Gasteiger partial charge in [0.05, 0.1) is 18.6 Å². The summed E-state index contributed by atoms with van der Waals surface area (Å²) in [5, 5.41) is 0.